The summed E-state index contributed by atoms with van der Waals surface area (Å²) >= 11 is 0. The summed E-state index contributed by atoms with van der Waals surface area (Å²) in [6, 6.07) is 2.94. The lowest BCUT2D eigenvalue weighted by Gasteiger charge is -2.33. The van der Waals surface area contributed by atoms with Crippen molar-refractivity contribution < 1.29 is 9.53 Å². The van der Waals surface area contributed by atoms with E-state index in [1.54, 1.807) is 23.4 Å². The molecular formula is C17H22N6O3. The second-order valence-electron chi connectivity index (χ2n) is 6.32. The third-order valence-corrected chi connectivity index (χ3v) is 4.15. The molecular weight excluding hydrogens is 336 g/mol. The molecule has 3 heterocycles. The fourth-order valence-corrected chi connectivity index (χ4v) is 2.86. The molecule has 1 aliphatic rings. The summed E-state index contributed by atoms with van der Waals surface area (Å²) in [4.78, 5) is 36.3. The van der Waals surface area contributed by atoms with Gasteiger partial charge in [-0.2, -0.15) is 5.10 Å². The molecule has 9 heteroatoms. The van der Waals surface area contributed by atoms with Crippen LogP contribution in [0.2, 0.25) is 0 Å². The molecule has 9 nitrogen and oxygen atoms in total. The average Bonchev–Trinajstić information content (AvgIpc) is 2.64. The number of piperidine rings is 1. The van der Waals surface area contributed by atoms with Crippen molar-refractivity contribution in [2.75, 3.05) is 32.1 Å². The molecule has 2 aromatic rings. The number of likely N-dealkylation sites (tertiary alicyclic amines) is 1. The van der Waals surface area contributed by atoms with Crippen LogP contribution in [0, 0.1) is 0 Å². The van der Waals surface area contributed by atoms with E-state index in [0.29, 0.717) is 24.8 Å². The van der Waals surface area contributed by atoms with Crippen LogP contribution in [0.1, 0.15) is 12.8 Å². The summed E-state index contributed by atoms with van der Waals surface area (Å²) in [7, 11) is 3.75. The van der Waals surface area contributed by atoms with Crippen molar-refractivity contribution in [1.82, 2.24) is 24.6 Å². The normalized spacial score (nSPS) is 17.0. The quantitative estimate of drug-likeness (QED) is 0.752. The largest absolute Gasteiger partial charge is 0.470 e. The third-order valence-electron chi connectivity index (χ3n) is 4.15. The van der Waals surface area contributed by atoms with Gasteiger partial charge >= 0.3 is 0 Å². The van der Waals surface area contributed by atoms with Gasteiger partial charge in [-0.3, -0.25) is 9.59 Å². The summed E-state index contributed by atoms with van der Waals surface area (Å²) in [5.74, 6) is 0.958. The monoisotopic (exact) mass is 358 g/mol. The minimum atomic E-state index is -0.291. The number of carbonyl (C=O) groups is 1. The van der Waals surface area contributed by atoms with Gasteiger partial charge in [0.1, 0.15) is 12.6 Å². The molecule has 1 aliphatic heterocycles. The number of hydrogen-bond acceptors (Lipinski definition) is 7. The van der Waals surface area contributed by atoms with E-state index in [1.165, 1.54) is 16.9 Å². The van der Waals surface area contributed by atoms with Crippen LogP contribution in [0.3, 0.4) is 0 Å². The van der Waals surface area contributed by atoms with E-state index in [-0.39, 0.29) is 24.1 Å². The topological polar surface area (TPSA) is 93.4 Å². The first-order chi connectivity index (χ1) is 12.5. The highest BCUT2D eigenvalue weighted by Crippen LogP contribution is 2.24. The standard InChI is InChI=1S/C17H22N6O3/c1-21(2)16-17(19-9-8-18-16)26-13-5-4-10-22(11-13)15(25)12-23-14(24)6-3-7-20-23/h3,6-9,13H,4-5,10-12H2,1-2H3/t13-/m1/s1. The summed E-state index contributed by atoms with van der Waals surface area (Å²) < 4.78 is 7.18. The highest BCUT2D eigenvalue weighted by molar-refractivity contribution is 5.76. The van der Waals surface area contributed by atoms with Crippen LogP contribution in [-0.4, -0.2) is 63.8 Å². The Morgan fingerprint density at radius 1 is 1.31 bits per heavy atom. The van der Waals surface area contributed by atoms with Crippen LogP contribution in [0.15, 0.2) is 35.5 Å². The van der Waals surface area contributed by atoms with Gasteiger partial charge in [0.2, 0.25) is 5.91 Å². The van der Waals surface area contributed by atoms with Gasteiger partial charge in [0.15, 0.2) is 5.82 Å². The van der Waals surface area contributed by atoms with Crippen LogP contribution in [-0.2, 0) is 11.3 Å². The maximum Gasteiger partial charge on any atom is 0.267 e. The van der Waals surface area contributed by atoms with Gasteiger partial charge in [0, 0.05) is 45.3 Å². The van der Waals surface area contributed by atoms with Gasteiger partial charge in [-0.1, -0.05) is 0 Å². The maximum absolute atomic E-state index is 12.5. The number of nitrogens with zero attached hydrogens (tertiary/aromatic N) is 6. The Kier molecular flexibility index (Phi) is 5.45. The summed E-state index contributed by atoms with van der Waals surface area (Å²) in [6.45, 7) is 1.02. The van der Waals surface area contributed by atoms with Crippen LogP contribution >= 0.6 is 0 Å². The average molecular weight is 358 g/mol. The second-order valence-corrected chi connectivity index (χ2v) is 6.32. The lowest BCUT2D eigenvalue weighted by atomic mass is 10.1. The molecule has 0 radical (unpaired) electrons. The number of hydrogen-bond donors (Lipinski definition) is 0. The van der Waals surface area contributed by atoms with Gasteiger partial charge in [-0.15, -0.1) is 0 Å². The molecule has 0 aromatic carbocycles. The van der Waals surface area contributed by atoms with Crippen molar-refractivity contribution >= 4 is 11.7 Å². The van der Waals surface area contributed by atoms with Crippen molar-refractivity contribution in [3.8, 4) is 5.88 Å². The Labute approximate surface area is 151 Å². The number of rotatable bonds is 5. The van der Waals surface area contributed by atoms with Crippen molar-refractivity contribution in [2.24, 2.45) is 0 Å². The Hall–Kier alpha value is -2.97. The number of aromatic nitrogens is 4. The Bertz CT molecular complexity index is 822. The van der Waals surface area contributed by atoms with Gasteiger partial charge in [-0.25, -0.2) is 14.6 Å². The van der Waals surface area contributed by atoms with Crippen molar-refractivity contribution in [3.05, 3.63) is 41.1 Å². The van der Waals surface area contributed by atoms with E-state index in [4.69, 9.17) is 4.74 Å². The Balaban J connectivity index is 1.65. The van der Waals surface area contributed by atoms with Crippen LogP contribution < -0.4 is 15.2 Å². The molecule has 0 saturated carbocycles. The molecule has 1 fully saturated rings. The first-order valence-corrected chi connectivity index (χ1v) is 8.49. The predicted molar refractivity (Wildman–Crippen MR) is 95.1 cm³/mol. The number of ether oxygens (including phenoxy) is 1. The molecule has 0 bridgehead atoms. The molecule has 2 aromatic heterocycles. The Morgan fingerprint density at radius 3 is 2.88 bits per heavy atom. The van der Waals surface area contributed by atoms with E-state index < -0.39 is 0 Å². The van der Waals surface area contributed by atoms with Crippen LogP contribution in [0.25, 0.3) is 0 Å². The zero-order valence-corrected chi connectivity index (χ0v) is 14.9. The minimum absolute atomic E-state index is 0.0690. The minimum Gasteiger partial charge on any atom is -0.470 e. The molecule has 0 N–H and O–H groups in total. The molecule has 0 spiro atoms. The molecule has 1 amide bonds. The SMILES string of the molecule is CN(C)c1nccnc1O[C@@H]1CCCN(C(=O)Cn2ncccc2=O)C1. The number of amides is 1. The van der Waals surface area contributed by atoms with E-state index >= 15 is 0 Å². The van der Waals surface area contributed by atoms with Gasteiger partial charge in [0.25, 0.3) is 11.4 Å². The van der Waals surface area contributed by atoms with Crippen molar-refractivity contribution in [3.63, 3.8) is 0 Å². The summed E-state index contributed by atoms with van der Waals surface area (Å²) in [5, 5.41) is 3.93. The highest BCUT2D eigenvalue weighted by atomic mass is 16.5. The predicted octanol–water partition coefficient (Wildman–Crippen LogP) is 0.169. The fraction of sp³-hybridized carbons (Fsp3) is 0.471. The van der Waals surface area contributed by atoms with E-state index in [0.717, 1.165) is 12.8 Å². The fourth-order valence-electron chi connectivity index (χ4n) is 2.86. The summed E-state index contributed by atoms with van der Waals surface area (Å²) in [5.41, 5.74) is -0.291. The van der Waals surface area contributed by atoms with Gasteiger partial charge < -0.3 is 14.5 Å². The van der Waals surface area contributed by atoms with E-state index in [1.807, 2.05) is 19.0 Å². The molecule has 3 rings (SSSR count). The first-order valence-electron chi connectivity index (χ1n) is 8.49. The number of carbonyl (C=O) groups excluding carboxylic acids is 1. The van der Waals surface area contributed by atoms with Crippen molar-refractivity contribution in [2.45, 2.75) is 25.5 Å². The smallest absolute Gasteiger partial charge is 0.267 e. The lowest BCUT2D eigenvalue weighted by Crippen LogP contribution is -2.46. The molecule has 0 aliphatic carbocycles. The zero-order valence-electron chi connectivity index (χ0n) is 14.9. The molecule has 26 heavy (non-hydrogen) atoms. The molecule has 0 unspecified atom stereocenters. The number of anilines is 1. The third kappa shape index (κ3) is 4.16. The molecule has 138 valence electrons. The molecule has 1 saturated heterocycles. The van der Waals surface area contributed by atoms with Gasteiger partial charge in [-0.05, 0) is 18.9 Å². The van der Waals surface area contributed by atoms with E-state index in [9.17, 15) is 9.59 Å². The maximum atomic E-state index is 12.5. The van der Waals surface area contributed by atoms with Gasteiger partial charge in [0.05, 0.1) is 6.54 Å². The van der Waals surface area contributed by atoms with Crippen LogP contribution in [0.4, 0.5) is 5.82 Å². The first kappa shape index (κ1) is 17.8. The molecule has 1 atom stereocenters. The second kappa shape index (κ2) is 7.94. The van der Waals surface area contributed by atoms with Crippen molar-refractivity contribution in [1.29, 1.82) is 0 Å². The Morgan fingerprint density at radius 2 is 2.12 bits per heavy atom. The zero-order chi connectivity index (χ0) is 18.5. The lowest BCUT2D eigenvalue weighted by molar-refractivity contribution is -0.134. The van der Waals surface area contributed by atoms with Crippen LogP contribution in [0.5, 0.6) is 5.88 Å². The highest BCUT2D eigenvalue weighted by Gasteiger charge is 2.26. The summed E-state index contributed by atoms with van der Waals surface area (Å²) in [6.07, 6.45) is 6.18. The van der Waals surface area contributed by atoms with E-state index in [2.05, 4.69) is 15.1 Å².